The standard InChI is InChI=1S/C15H15N/c1-4-12(2)5-6-13(3)15-9-7-14(11-16)8-10-15/h4-10H,1H2,2-3H3/b12-5-,13-6-. The molecule has 80 valence electrons. The van der Waals surface area contributed by atoms with Crippen LogP contribution in [0.3, 0.4) is 0 Å². The van der Waals surface area contributed by atoms with Crippen molar-refractivity contribution >= 4 is 5.57 Å². The van der Waals surface area contributed by atoms with Crippen LogP contribution in [0.15, 0.2) is 54.6 Å². The second-order valence-corrected chi connectivity index (χ2v) is 3.65. The van der Waals surface area contributed by atoms with Gasteiger partial charge in [-0.25, -0.2) is 0 Å². The van der Waals surface area contributed by atoms with Gasteiger partial charge in [0.1, 0.15) is 0 Å². The lowest BCUT2D eigenvalue weighted by Gasteiger charge is -2.00. The van der Waals surface area contributed by atoms with Gasteiger partial charge in [0, 0.05) is 0 Å². The summed E-state index contributed by atoms with van der Waals surface area (Å²) in [7, 11) is 0. The molecule has 16 heavy (non-hydrogen) atoms. The smallest absolute Gasteiger partial charge is 0.0991 e. The molecule has 0 unspecified atom stereocenters. The summed E-state index contributed by atoms with van der Waals surface area (Å²) in [5, 5.41) is 8.69. The highest BCUT2D eigenvalue weighted by Crippen LogP contribution is 2.14. The maximum Gasteiger partial charge on any atom is 0.0991 e. The second-order valence-electron chi connectivity index (χ2n) is 3.65. The Hall–Kier alpha value is -2.07. The molecule has 0 aliphatic carbocycles. The first kappa shape index (κ1) is 12.0. The van der Waals surface area contributed by atoms with Gasteiger partial charge in [0.05, 0.1) is 11.6 Å². The molecular weight excluding hydrogens is 194 g/mol. The number of allylic oxidation sites excluding steroid dienone is 5. The minimum Gasteiger partial charge on any atom is -0.192 e. The quantitative estimate of drug-likeness (QED) is 0.688. The first-order valence-electron chi connectivity index (χ1n) is 5.15. The van der Waals surface area contributed by atoms with Gasteiger partial charge in [0.15, 0.2) is 0 Å². The van der Waals surface area contributed by atoms with Crippen LogP contribution in [0.4, 0.5) is 0 Å². The van der Waals surface area contributed by atoms with Crippen molar-refractivity contribution < 1.29 is 0 Å². The van der Waals surface area contributed by atoms with E-state index in [1.165, 1.54) is 5.57 Å². The number of hydrogen-bond acceptors (Lipinski definition) is 1. The van der Waals surface area contributed by atoms with Gasteiger partial charge >= 0.3 is 0 Å². The van der Waals surface area contributed by atoms with Gasteiger partial charge in [-0.1, -0.05) is 42.5 Å². The van der Waals surface area contributed by atoms with Crippen molar-refractivity contribution in [3.05, 3.63) is 65.8 Å². The van der Waals surface area contributed by atoms with Crippen molar-refractivity contribution in [3.8, 4) is 6.07 Å². The van der Waals surface area contributed by atoms with E-state index in [4.69, 9.17) is 5.26 Å². The van der Waals surface area contributed by atoms with Crippen LogP contribution in [-0.4, -0.2) is 0 Å². The SMILES string of the molecule is C=C/C(C)=C\C=C(\C)c1ccc(C#N)cc1. The number of rotatable bonds is 3. The van der Waals surface area contributed by atoms with Crippen molar-refractivity contribution in [2.75, 3.05) is 0 Å². The molecule has 1 heteroatoms. The van der Waals surface area contributed by atoms with Crippen molar-refractivity contribution in [3.63, 3.8) is 0 Å². The summed E-state index contributed by atoms with van der Waals surface area (Å²) in [5.41, 5.74) is 4.13. The number of benzene rings is 1. The van der Waals surface area contributed by atoms with Gasteiger partial charge in [-0.2, -0.15) is 5.26 Å². The van der Waals surface area contributed by atoms with Crippen LogP contribution >= 0.6 is 0 Å². The zero-order valence-electron chi connectivity index (χ0n) is 9.70. The predicted octanol–water partition coefficient (Wildman–Crippen LogP) is 4.09. The molecule has 0 radical (unpaired) electrons. The minimum absolute atomic E-state index is 0.689. The van der Waals surface area contributed by atoms with Crippen LogP contribution in [0.1, 0.15) is 25.0 Å². The van der Waals surface area contributed by atoms with E-state index in [1.807, 2.05) is 50.3 Å². The molecule has 0 atom stereocenters. The first-order valence-corrected chi connectivity index (χ1v) is 5.15. The molecule has 0 aliphatic rings. The summed E-state index contributed by atoms with van der Waals surface area (Å²) in [5.74, 6) is 0. The first-order chi connectivity index (χ1) is 7.67. The fourth-order valence-electron chi connectivity index (χ4n) is 1.23. The van der Waals surface area contributed by atoms with Gasteiger partial charge < -0.3 is 0 Å². The highest BCUT2D eigenvalue weighted by atomic mass is 14.2. The molecule has 0 heterocycles. The highest BCUT2D eigenvalue weighted by molar-refractivity contribution is 5.65. The summed E-state index contributed by atoms with van der Waals surface area (Å²) in [6, 6.07) is 9.69. The zero-order chi connectivity index (χ0) is 12.0. The monoisotopic (exact) mass is 209 g/mol. The van der Waals surface area contributed by atoms with E-state index in [1.54, 1.807) is 0 Å². The molecule has 0 bridgehead atoms. The topological polar surface area (TPSA) is 23.8 Å². The predicted molar refractivity (Wildman–Crippen MR) is 68.8 cm³/mol. The lowest BCUT2D eigenvalue weighted by atomic mass is 10.0. The molecule has 0 N–H and O–H groups in total. The van der Waals surface area contributed by atoms with Crippen LogP contribution in [-0.2, 0) is 0 Å². The van der Waals surface area contributed by atoms with Crippen molar-refractivity contribution in [1.82, 2.24) is 0 Å². The Morgan fingerprint density at radius 3 is 2.31 bits per heavy atom. The summed E-state index contributed by atoms with van der Waals surface area (Å²) in [6.45, 7) is 7.76. The molecule has 1 rings (SSSR count). The fraction of sp³-hybridized carbons (Fsp3) is 0.133. The number of hydrogen-bond donors (Lipinski definition) is 0. The molecule has 1 aromatic rings. The van der Waals surface area contributed by atoms with E-state index in [0.29, 0.717) is 5.56 Å². The summed E-state index contributed by atoms with van der Waals surface area (Å²) in [6.07, 6.45) is 5.90. The van der Waals surface area contributed by atoms with E-state index in [-0.39, 0.29) is 0 Å². The van der Waals surface area contributed by atoms with Crippen molar-refractivity contribution in [2.45, 2.75) is 13.8 Å². The number of nitriles is 1. The van der Waals surface area contributed by atoms with Gasteiger partial charge in [-0.15, -0.1) is 0 Å². The Morgan fingerprint density at radius 1 is 1.19 bits per heavy atom. The summed E-state index contributed by atoms with van der Waals surface area (Å²) >= 11 is 0. The van der Waals surface area contributed by atoms with Crippen LogP contribution in [0.25, 0.3) is 5.57 Å². The molecule has 0 amide bonds. The molecule has 0 aliphatic heterocycles. The molecule has 0 saturated heterocycles. The van der Waals surface area contributed by atoms with Crippen LogP contribution < -0.4 is 0 Å². The van der Waals surface area contributed by atoms with E-state index < -0.39 is 0 Å². The van der Waals surface area contributed by atoms with E-state index in [9.17, 15) is 0 Å². The molecule has 1 nitrogen and oxygen atoms in total. The van der Waals surface area contributed by atoms with E-state index in [2.05, 4.69) is 18.7 Å². The average molecular weight is 209 g/mol. The Bertz CT molecular complexity index is 467. The maximum atomic E-state index is 8.69. The summed E-state index contributed by atoms with van der Waals surface area (Å²) < 4.78 is 0. The lowest BCUT2D eigenvalue weighted by molar-refractivity contribution is 1.47. The maximum absolute atomic E-state index is 8.69. The van der Waals surface area contributed by atoms with Crippen LogP contribution in [0.2, 0.25) is 0 Å². The Morgan fingerprint density at radius 2 is 1.81 bits per heavy atom. The minimum atomic E-state index is 0.689. The molecule has 0 saturated carbocycles. The molecular formula is C15H15N. The lowest BCUT2D eigenvalue weighted by Crippen LogP contribution is -1.80. The third kappa shape index (κ3) is 3.25. The van der Waals surface area contributed by atoms with E-state index in [0.717, 1.165) is 11.1 Å². The van der Waals surface area contributed by atoms with Crippen LogP contribution in [0.5, 0.6) is 0 Å². The fourth-order valence-corrected chi connectivity index (χ4v) is 1.23. The van der Waals surface area contributed by atoms with Crippen molar-refractivity contribution in [2.24, 2.45) is 0 Å². The van der Waals surface area contributed by atoms with E-state index >= 15 is 0 Å². The Balaban J connectivity index is 2.93. The van der Waals surface area contributed by atoms with Crippen molar-refractivity contribution in [1.29, 1.82) is 5.26 Å². The Labute approximate surface area is 97.0 Å². The third-order valence-corrected chi connectivity index (χ3v) is 2.39. The average Bonchev–Trinajstić information content (AvgIpc) is 2.35. The van der Waals surface area contributed by atoms with Crippen LogP contribution in [0, 0.1) is 11.3 Å². The number of nitrogens with zero attached hydrogens (tertiary/aromatic N) is 1. The van der Waals surface area contributed by atoms with Gasteiger partial charge in [0.25, 0.3) is 0 Å². The highest BCUT2D eigenvalue weighted by Gasteiger charge is 1.94. The van der Waals surface area contributed by atoms with Gasteiger partial charge in [-0.05, 0) is 37.1 Å². The normalized spacial score (nSPS) is 12.1. The summed E-state index contributed by atoms with van der Waals surface area (Å²) in [4.78, 5) is 0. The molecule has 0 spiro atoms. The molecule has 0 aromatic heterocycles. The van der Waals surface area contributed by atoms with Gasteiger partial charge in [0.2, 0.25) is 0 Å². The largest absolute Gasteiger partial charge is 0.192 e. The third-order valence-electron chi connectivity index (χ3n) is 2.39. The Kier molecular flexibility index (Phi) is 4.29. The zero-order valence-corrected chi connectivity index (χ0v) is 9.70. The van der Waals surface area contributed by atoms with Gasteiger partial charge in [-0.3, -0.25) is 0 Å². The second kappa shape index (κ2) is 5.72. The molecule has 1 aromatic carbocycles. The molecule has 0 fully saturated rings.